The van der Waals surface area contributed by atoms with Gasteiger partial charge in [-0.3, -0.25) is 4.79 Å². The van der Waals surface area contributed by atoms with Crippen LogP contribution in [0, 0.1) is 11.8 Å². The van der Waals surface area contributed by atoms with Crippen molar-refractivity contribution in [2.24, 2.45) is 17.6 Å². The highest BCUT2D eigenvalue weighted by Crippen LogP contribution is 2.31. The van der Waals surface area contributed by atoms with Gasteiger partial charge >= 0.3 is 0 Å². The van der Waals surface area contributed by atoms with Crippen LogP contribution in [0.25, 0.3) is 0 Å². The molecule has 2 fully saturated rings. The second kappa shape index (κ2) is 5.57. The number of nitrogens with zero attached hydrogens (tertiary/aromatic N) is 2. The zero-order valence-electron chi connectivity index (χ0n) is 11.9. The third kappa shape index (κ3) is 2.86. The van der Waals surface area contributed by atoms with Crippen LogP contribution in [0.4, 0.5) is 0 Å². The number of nitrogens with two attached hydrogens (primary N) is 1. The van der Waals surface area contributed by atoms with E-state index < -0.39 is 0 Å². The van der Waals surface area contributed by atoms with E-state index >= 15 is 0 Å². The quantitative estimate of drug-likeness (QED) is 0.756. The molecule has 1 heterocycles. The van der Waals surface area contributed by atoms with Crippen LogP contribution in [0.2, 0.25) is 0 Å². The Morgan fingerprint density at radius 1 is 1.22 bits per heavy atom. The van der Waals surface area contributed by atoms with E-state index in [-0.39, 0.29) is 12.0 Å². The highest BCUT2D eigenvalue weighted by atomic mass is 16.2. The van der Waals surface area contributed by atoms with Gasteiger partial charge in [0, 0.05) is 37.6 Å². The van der Waals surface area contributed by atoms with Crippen LogP contribution in [-0.2, 0) is 4.79 Å². The summed E-state index contributed by atoms with van der Waals surface area (Å²) in [5, 5.41) is 0. The second-order valence-electron chi connectivity index (χ2n) is 6.27. The van der Waals surface area contributed by atoms with E-state index in [0.29, 0.717) is 17.9 Å². The maximum atomic E-state index is 12.6. The lowest BCUT2D eigenvalue weighted by Gasteiger charge is -2.41. The summed E-state index contributed by atoms with van der Waals surface area (Å²) in [6, 6.07) is 0.690. The molecule has 2 rings (SSSR count). The highest BCUT2D eigenvalue weighted by Gasteiger charge is 2.35. The molecule has 0 bridgehead atoms. The smallest absolute Gasteiger partial charge is 0.226 e. The molecule has 0 spiro atoms. The molecule has 0 radical (unpaired) electrons. The Morgan fingerprint density at radius 2 is 1.94 bits per heavy atom. The normalized spacial score (nSPS) is 38.8. The first kappa shape index (κ1) is 13.8. The number of carbonyl (C=O) groups is 1. The molecule has 1 saturated heterocycles. The molecule has 4 heteroatoms. The van der Waals surface area contributed by atoms with Gasteiger partial charge in [-0.25, -0.2) is 0 Å². The summed E-state index contributed by atoms with van der Waals surface area (Å²) in [6.45, 7) is 7.12. The lowest BCUT2D eigenvalue weighted by molar-refractivity contribution is -0.141. The van der Waals surface area contributed by atoms with Crippen molar-refractivity contribution < 1.29 is 4.79 Å². The number of amides is 1. The van der Waals surface area contributed by atoms with E-state index in [4.69, 9.17) is 5.73 Å². The molecule has 104 valence electrons. The Labute approximate surface area is 110 Å². The third-order valence-electron chi connectivity index (χ3n) is 4.82. The van der Waals surface area contributed by atoms with Crippen LogP contribution >= 0.6 is 0 Å². The first-order valence-electron chi connectivity index (χ1n) is 7.23. The summed E-state index contributed by atoms with van der Waals surface area (Å²) in [5.41, 5.74) is 6.03. The summed E-state index contributed by atoms with van der Waals surface area (Å²) < 4.78 is 0. The number of likely N-dealkylation sites (N-methyl/N-ethyl adjacent to an activating group) is 1. The van der Waals surface area contributed by atoms with Crippen molar-refractivity contribution in [2.75, 3.05) is 26.7 Å². The van der Waals surface area contributed by atoms with E-state index in [0.717, 1.165) is 38.9 Å². The zero-order valence-corrected chi connectivity index (χ0v) is 11.9. The van der Waals surface area contributed by atoms with Crippen molar-refractivity contribution in [1.29, 1.82) is 0 Å². The minimum absolute atomic E-state index is 0.157. The molecule has 2 aliphatic rings. The minimum Gasteiger partial charge on any atom is -0.340 e. The van der Waals surface area contributed by atoms with Gasteiger partial charge in [-0.15, -0.1) is 0 Å². The lowest BCUT2D eigenvalue weighted by Crippen LogP contribution is -2.54. The van der Waals surface area contributed by atoms with E-state index in [9.17, 15) is 4.79 Å². The average Bonchev–Trinajstić information content (AvgIpc) is 2.35. The maximum absolute atomic E-state index is 12.6. The Balaban J connectivity index is 1.98. The summed E-state index contributed by atoms with van der Waals surface area (Å²) in [6.07, 6.45) is 3.05. The molecular formula is C14H27N3O. The zero-order chi connectivity index (χ0) is 13.3. The lowest BCUT2D eigenvalue weighted by atomic mass is 9.77. The molecule has 4 nitrogen and oxygen atoms in total. The number of hydrogen-bond donors (Lipinski definition) is 1. The largest absolute Gasteiger partial charge is 0.340 e. The molecule has 18 heavy (non-hydrogen) atoms. The van der Waals surface area contributed by atoms with Crippen molar-refractivity contribution in [3.63, 3.8) is 0 Å². The SMILES string of the molecule is CC1CCC(N)CC1C(=O)N1CCN(C)C(C)C1. The van der Waals surface area contributed by atoms with E-state index in [1.54, 1.807) is 0 Å². The van der Waals surface area contributed by atoms with Gasteiger partial charge in [0.15, 0.2) is 0 Å². The predicted molar refractivity (Wildman–Crippen MR) is 73.2 cm³/mol. The highest BCUT2D eigenvalue weighted by molar-refractivity contribution is 5.79. The molecule has 2 N–H and O–H groups in total. The van der Waals surface area contributed by atoms with Gasteiger partial charge in [0.25, 0.3) is 0 Å². The molecule has 1 amide bonds. The van der Waals surface area contributed by atoms with Crippen LogP contribution < -0.4 is 5.73 Å². The third-order valence-corrected chi connectivity index (χ3v) is 4.82. The van der Waals surface area contributed by atoms with Gasteiger partial charge in [0.1, 0.15) is 0 Å². The van der Waals surface area contributed by atoms with Crippen LogP contribution in [0.3, 0.4) is 0 Å². The predicted octanol–water partition coefficient (Wildman–Crippen LogP) is 0.912. The standard InChI is InChI=1S/C14H27N3O/c1-10-4-5-12(15)8-13(10)14(18)17-7-6-16(3)11(2)9-17/h10-13H,4-9,15H2,1-3H3. The van der Waals surface area contributed by atoms with E-state index in [1.807, 2.05) is 0 Å². The number of piperazine rings is 1. The summed E-state index contributed by atoms with van der Waals surface area (Å²) in [4.78, 5) is 17.0. The molecule has 0 aromatic carbocycles. The minimum atomic E-state index is 0.157. The van der Waals surface area contributed by atoms with Gasteiger partial charge in [0.05, 0.1) is 0 Å². The van der Waals surface area contributed by atoms with Crippen LogP contribution in [0.15, 0.2) is 0 Å². The van der Waals surface area contributed by atoms with Crippen molar-refractivity contribution in [3.8, 4) is 0 Å². The number of rotatable bonds is 1. The van der Waals surface area contributed by atoms with Gasteiger partial charge in [-0.2, -0.15) is 0 Å². The van der Waals surface area contributed by atoms with Crippen LogP contribution in [-0.4, -0.2) is 54.5 Å². The maximum Gasteiger partial charge on any atom is 0.226 e. The Hall–Kier alpha value is -0.610. The van der Waals surface area contributed by atoms with Gasteiger partial charge in [0.2, 0.25) is 5.91 Å². The van der Waals surface area contributed by atoms with E-state index in [2.05, 4.69) is 30.7 Å². The van der Waals surface area contributed by atoms with Crippen LogP contribution in [0.5, 0.6) is 0 Å². The molecule has 0 aromatic rings. The topological polar surface area (TPSA) is 49.6 Å². The van der Waals surface area contributed by atoms with E-state index in [1.165, 1.54) is 0 Å². The van der Waals surface area contributed by atoms with Crippen molar-refractivity contribution in [1.82, 2.24) is 9.80 Å². The molecule has 4 unspecified atom stereocenters. The van der Waals surface area contributed by atoms with Crippen molar-refractivity contribution >= 4 is 5.91 Å². The van der Waals surface area contributed by atoms with Crippen molar-refractivity contribution in [3.05, 3.63) is 0 Å². The Kier molecular flexibility index (Phi) is 4.28. The molecule has 0 aromatic heterocycles. The van der Waals surface area contributed by atoms with Gasteiger partial charge in [-0.1, -0.05) is 6.92 Å². The molecule has 1 saturated carbocycles. The first-order chi connectivity index (χ1) is 8.49. The fraction of sp³-hybridized carbons (Fsp3) is 0.929. The summed E-state index contributed by atoms with van der Waals surface area (Å²) in [7, 11) is 2.13. The molecule has 1 aliphatic heterocycles. The first-order valence-corrected chi connectivity index (χ1v) is 7.23. The second-order valence-corrected chi connectivity index (χ2v) is 6.27. The fourth-order valence-corrected chi connectivity index (χ4v) is 3.18. The molecular weight excluding hydrogens is 226 g/mol. The fourth-order valence-electron chi connectivity index (χ4n) is 3.18. The monoisotopic (exact) mass is 253 g/mol. The Morgan fingerprint density at radius 3 is 2.61 bits per heavy atom. The summed E-state index contributed by atoms with van der Waals surface area (Å²) >= 11 is 0. The molecule has 1 aliphatic carbocycles. The van der Waals surface area contributed by atoms with Crippen LogP contribution in [0.1, 0.15) is 33.1 Å². The molecule has 4 atom stereocenters. The summed E-state index contributed by atoms with van der Waals surface area (Å²) in [5.74, 6) is 0.995. The average molecular weight is 253 g/mol. The van der Waals surface area contributed by atoms with Crippen molar-refractivity contribution in [2.45, 2.75) is 45.2 Å². The van der Waals surface area contributed by atoms with Gasteiger partial charge in [-0.05, 0) is 39.2 Å². The number of carbonyl (C=O) groups excluding carboxylic acids is 1. The van der Waals surface area contributed by atoms with Gasteiger partial charge < -0.3 is 15.5 Å². The Bertz CT molecular complexity index is 307. The number of hydrogen-bond acceptors (Lipinski definition) is 3.